The molecular weight excluding hydrogens is 284 g/mol. The first-order valence-electron chi connectivity index (χ1n) is 7.54. The highest BCUT2D eigenvalue weighted by molar-refractivity contribution is 7.14. The van der Waals surface area contributed by atoms with Crippen LogP contribution in [0.25, 0.3) is 0 Å². The van der Waals surface area contributed by atoms with Gasteiger partial charge in [-0.3, -0.25) is 15.1 Å². The molecule has 2 heterocycles. The van der Waals surface area contributed by atoms with E-state index in [9.17, 15) is 4.79 Å². The third-order valence-electron chi connectivity index (χ3n) is 3.86. The number of nitrogens with one attached hydrogen (secondary N) is 1. The summed E-state index contributed by atoms with van der Waals surface area (Å²) in [6, 6.07) is 1.97. The molecule has 2 rings (SSSR count). The van der Waals surface area contributed by atoms with Crippen LogP contribution in [0.15, 0.2) is 6.07 Å². The van der Waals surface area contributed by atoms with Crippen molar-refractivity contribution in [2.75, 3.05) is 32.7 Å². The number of hydrogen-bond acceptors (Lipinski definition) is 5. The number of carbonyl (C=O) groups excluding carboxylic acids is 1. The summed E-state index contributed by atoms with van der Waals surface area (Å²) in [4.78, 5) is 18.5. The molecule has 0 atom stereocenters. The number of hydrogen-bond donors (Lipinski definition) is 2. The highest BCUT2D eigenvalue weighted by Crippen LogP contribution is 2.23. The zero-order chi connectivity index (χ0) is 15.4. The lowest BCUT2D eigenvalue weighted by molar-refractivity contribution is 0.0957. The third kappa shape index (κ3) is 4.51. The molecule has 3 N–H and O–H groups in total. The summed E-state index contributed by atoms with van der Waals surface area (Å²) in [5.74, 6) is 5.73. The van der Waals surface area contributed by atoms with E-state index in [0.29, 0.717) is 4.88 Å². The maximum atomic E-state index is 11.6. The van der Waals surface area contributed by atoms with E-state index in [4.69, 9.17) is 5.84 Å². The second-order valence-corrected chi connectivity index (χ2v) is 7.39. The zero-order valence-electron chi connectivity index (χ0n) is 13.2. The normalized spacial score (nSPS) is 17.4. The van der Waals surface area contributed by atoms with E-state index in [0.717, 1.165) is 38.6 Å². The van der Waals surface area contributed by atoms with E-state index >= 15 is 0 Å². The molecule has 0 unspecified atom stereocenters. The van der Waals surface area contributed by atoms with Crippen LogP contribution < -0.4 is 11.3 Å². The molecule has 1 fully saturated rings. The van der Waals surface area contributed by atoms with E-state index in [-0.39, 0.29) is 5.91 Å². The first-order valence-corrected chi connectivity index (χ1v) is 8.36. The largest absolute Gasteiger partial charge is 0.301 e. The van der Waals surface area contributed by atoms with Crippen LogP contribution in [0.3, 0.4) is 0 Å². The van der Waals surface area contributed by atoms with Crippen molar-refractivity contribution in [3.63, 3.8) is 0 Å². The molecule has 5 nitrogen and oxygen atoms in total. The molecule has 0 aromatic carbocycles. The molecule has 1 saturated heterocycles. The number of hydrazine groups is 1. The van der Waals surface area contributed by atoms with Gasteiger partial charge in [0.15, 0.2) is 0 Å². The number of amides is 1. The fourth-order valence-corrected chi connectivity index (χ4v) is 3.68. The highest BCUT2D eigenvalue weighted by atomic mass is 32.1. The summed E-state index contributed by atoms with van der Waals surface area (Å²) in [6.07, 6.45) is 0. The topological polar surface area (TPSA) is 61.6 Å². The van der Waals surface area contributed by atoms with Crippen LogP contribution in [0, 0.1) is 12.8 Å². The molecular formula is C15H26N4OS. The smallest absolute Gasteiger partial charge is 0.275 e. The lowest BCUT2D eigenvalue weighted by Crippen LogP contribution is -2.46. The van der Waals surface area contributed by atoms with Crippen molar-refractivity contribution in [3.8, 4) is 0 Å². The predicted octanol–water partition coefficient (Wildman–Crippen LogP) is 1.43. The standard InChI is InChI=1S/C15H26N4OS/c1-11(2)9-18-4-6-19(7-5-18)10-13-8-14(15(20)17-16)21-12(13)3/h8,11H,4-7,9-10,16H2,1-3H3,(H,17,20). The Kier molecular flexibility index (Phi) is 5.75. The molecule has 0 saturated carbocycles. The molecule has 0 radical (unpaired) electrons. The number of nitrogens with two attached hydrogens (primary N) is 1. The quantitative estimate of drug-likeness (QED) is 0.491. The molecule has 1 aliphatic rings. The molecule has 0 spiro atoms. The summed E-state index contributed by atoms with van der Waals surface area (Å²) in [6.45, 7) is 13.2. The van der Waals surface area contributed by atoms with Gasteiger partial charge in [0.25, 0.3) is 5.91 Å². The van der Waals surface area contributed by atoms with Crippen LogP contribution in [0.4, 0.5) is 0 Å². The minimum atomic E-state index is -0.198. The van der Waals surface area contributed by atoms with Crippen molar-refractivity contribution in [1.82, 2.24) is 15.2 Å². The molecule has 1 aromatic heterocycles. The van der Waals surface area contributed by atoms with Crippen molar-refractivity contribution in [3.05, 3.63) is 21.4 Å². The van der Waals surface area contributed by atoms with Crippen molar-refractivity contribution in [1.29, 1.82) is 0 Å². The van der Waals surface area contributed by atoms with E-state index in [2.05, 4.69) is 36.0 Å². The zero-order valence-corrected chi connectivity index (χ0v) is 14.0. The molecule has 0 aliphatic carbocycles. The van der Waals surface area contributed by atoms with Crippen molar-refractivity contribution >= 4 is 17.2 Å². The Morgan fingerprint density at radius 3 is 2.52 bits per heavy atom. The number of nitrogen functional groups attached to an aromatic ring is 1. The summed E-state index contributed by atoms with van der Waals surface area (Å²) in [5.41, 5.74) is 3.45. The van der Waals surface area contributed by atoms with Gasteiger partial charge in [-0.2, -0.15) is 0 Å². The van der Waals surface area contributed by atoms with Gasteiger partial charge in [0.1, 0.15) is 0 Å². The van der Waals surface area contributed by atoms with E-state index < -0.39 is 0 Å². The lowest BCUT2D eigenvalue weighted by Gasteiger charge is -2.35. The Morgan fingerprint density at radius 2 is 1.95 bits per heavy atom. The maximum Gasteiger partial charge on any atom is 0.275 e. The molecule has 1 aliphatic heterocycles. The second kappa shape index (κ2) is 7.35. The van der Waals surface area contributed by atoms with Gasteiger partial charge in [0.2, 0.25) is 0 Å². The molecule has 118 valence electrons. The van der Waals surface area contributed by atoms with Crippen LogP contribution >= 0.6 is 11.3 Å². The van der Waals surface area contributed by atoms with Crippen LogP contribution in [0.2, 0.25) is 0 Å². The van der Waals surface area contributed by atoms with Crippen molar-refractivity contribution < 1.29 is 4.79 Å². The minimum absolute atomic E-state index is 0.198. The van der Waals surface area contributed by atoms with Gasteiger partial charge in [-0.15, -0.1) is 11.3 Å². The van der Waals surface area contributed by atoms with Gasteiger partial charge < -0.3 is 4.90 Å². The Balaban J connectivity index is 1.89. The van der Waals surface area contributed by atoms with Gasteiger partial charge in [-0.1, -0.05) is 13.8 Å². The second-order valence-electron chi connectivity index (χ2n) is 6.14. The van der Waals surface area contributed by atoms with Crippen molar-refractivity contribution in [2.45, 2.75) is 27.3 Å². The van der Waals surface area contributed by atoms with E-state index in [1.165, 1.54) is 28.3 Å². The molecule has 1 amide bonds. The Labute approximate surface area is 131 Å². The minimum Gasteiger partial charge on any atom is -0.301 e. The Hall–Kier alpha value is -0.950. The summed E-state index contributed by atoms with van der Waals surface area (Å²) in [7, 11) is 0. The number of rotatable bonds is 5. The van der Waals surface area contributed by atoms with Crippen LogP contribution in [-0.2, 0) is 6.54 Å². The van der Waals surface area contributed by atoms with Gasteiger partial charge in [0.05, 0.1) is 4.88 Å². The van der Waals surface area contributed by atoms with Gasteiger partial charge >= 0.3 is 0 Å². The molecule has 21 heavy (non-hydrogen) atoms. The monoisotopic (exact) mass is 310 g/mol. The number of carbonyl (C=O) groups is 1. The van der Waals surface area contributed by atoms with Gasteiger partial charge in [-0.25, -0.2) is 5.84 Å². The van der Waals surface area contributed by atoms with Crippen LogP contribution in [-0.4, -0.2) is 48.4 Å². The summed E-state index contributed by atoms with van der Waals surface area (Å²) >= 11 is 1.52. The molecule has 6 heteroatoms. The average Bonchev–Trinajstić information content (AvgIpc) is 2.81. The number of thiophene rings is 1. The van der Waals surface area contributed by atoms with Gasteiger partial charge in [-0.05, 0) is 24.5 Å². The Bertz CT molecular complexity index is 478. The first-order chi connectivity index (χ1) is 9.99. The molecule has 1 aromatic rings. The van der Waals surface area contributed by atoms with Crippen LogP contribution in [0.5, 0.6) is 0 Å². The summed E-state index contributed by atoms with van der Waals surface area (Å²) in [5, 5.41) is 0. The fourth-order valence-electron chi connectivity index (χ4n) is 2.75. The number of nitrogens with zero attached hydrogens (tertiary/aromatic N) is 2. The van der Waals surface area contributed by atoms with Crippen LogP contribution in [0.1, 0.15) is 34.0 Å². The SMILES string of the molecule is Cc1sc(C(=O)NN)cc1CN1CCN(CC(C)C)CC1. The molecule has 0 bridgehead atoms. The third-order valence-corrected chi connectivity index (χ3v) is 4.95. The lowest BCUT2D eigenvalue weighted by atomic mass is 10.1. The Morgan fingerprint density at radius 1 is 1.33 bits per heavy atom. The average molecular weight is 310 g/mol. The number of aryl methyl sites for hydroxylation is 1. The van der Waals surface area contributed by atoms with E-state index in [1.54, 1.807) is 0 Å². The predicted molar refractivity (Wildman–Crippen MR) is 87.3 cm³/mol. The highest BCUT2D eigenvalue weighted by Gasteiger charge is 2.19. The van der Waals surface area contributed by atoms with Crippen molar-refractivity contribution in [2.24, 2.45) is 11.8 Å². The first kappa shape index (κ1) is 16.4. The number of piperazine rings is 1. The van der Waals surface area contributed by atoms with E-state index in [1.807, 2.05) is 6.07 Å². The maximum absolute atomic E-state index is 11.6. The summed E-state index contributed by atoms with van der Waals surface area (Å²) < 4.78 is 0. The fraction of sp³-hybridized carbons (Fsp3) is 0.667. The van der Waals surface area contributed by atoms with Gasteiger partial charge in [0, 0.05) is 44.1 Å².